The Kier molecular flexibility index (Phi) is 3.52. The van der Waals surface area contributed by atoms with Gasteiger partial charge < -0.3 is 14.9 Å². The maximum Gasteiger partial charge on any atom is 0.193 e. The van der Waals surface area contributed by atoms with Crippen LogP contribution in [0.5, 0.6) is 17.5 Å². The van der Waals surface area contributed by atoms with Gasteiger partial charge in [0.2, 0.25) is 0 Å². The van der Waals surface area contributed by atoms with E-state index in [9.17, 15) is 15.0 Å². The molecule has 0 atom stereocenters. The van der Waals surface area contributed by atoms with E-state index in [1.54, 1.807) is 24.3 Å². The van der Waals surface area contributed by atoms with E-state index in [4.69, 9.17) is 4.74 Å². The largest absolute Gasteiger partial charge is 0.494 e. The normalized spacial score (nSPS) is 10.2. The minimum Gasteiger partial charge on any atom is -0.494 e. The number of rotatable bonds is 5. The van der Waals surface area contributed by atoms with Gasteiger partial charge in [-0.1, -0.05) is 12.1 Å². The van der Waals surface area contributed by atoms with Gasteiger partial charge in [0.05, 0.1) is 12.1 Å². The van der Waals surface area contributed by atoms with Gasteiger partial charge in [-0.3, -0.25) is 9.36 Å². The standard InChI is InChI=1S/C13H13NO4/c15-9-10-3-1-2-4-11(10)18-8-7-14-12(16)5-6-13(14)17/h1-6,9,16-17H,7-8H2. The third-order valence-corrected chi connectivity index (χ3v) is 2.55. The van der Waals surface area contributed by atoms with E-state index >= 15 is 0 Å². The Morgan fingerprint density at radius 3 is 2.44 bits per heavy atom. The van der Waals surface area contributed by atoms with Crippen LogP contribution < -0.4 is 4.74 Å². The van der Waals surface area contributed by atoms with Crippen molar-refractivity contribution in [2.75, 3.05) is 6.61 Å². The molecule has 0 saturated heterocycles. The van der Waals surface area contributed by atoms with Crippen LogP contribution in [0.15, 0.2) is 36.4 Å². The molecule has 0 aliphatic carbocycles. The summed E-state index contributed by atoms with van der Waals surface area (Å²) in [7, 11) is 0. The van der Waals surface area contributed by atoms with Gasteiger partial charge in [-0.2, -0.15) is 0 Å². The van der Waals surface area contributed by atoms with E-state index in [2.05, 4.69) is 0 Å². The fourth-order valence-corrected chi connectivity index (χ4v) is 1.63. The summed E-state index contributed by atoms with van der Waals surface area (Å²) in [6.45, 7) is 0.526. The third-order valence-electron chi connectivity index (χ3n) is 2.55. The highest BCUT2D eigenvalue weighted by molar-refractivity contribution is 5.79. The molecule has 2 rings (SSSR count). The topological polar surface area (TPSA) is 71.7 Å². The van der Waals surface area contributed by atoms with Crippen molar-refractivity contribution in [2.45, 2.75) is 6.54 Å². The highest BCUT2D eigenvalue weighted by Crippen LogP contribution is 2.21. The molecule has 2 N–H and O–H groups in total. The quantitative estimate of drug-likeness (QED) is 0.790. The summed E-state index contributed by atoms with van der Waals surface area (Å²) in [4.78, 5) is 10.8. The van der Waals surface area contributed by atoms with Crippen molar-refractivity contribution < 1.29 is 19.7 Å². The Hall–Kier alpha value is -2.43. The third kappa shape index (κ3) is 2.45. The Bertz CT molecular complexity index is 528. The van der Waals surface area contributed by atoms with Crippen molar-refractivity contribution in [1.82, 2.24) is 4.57 Å². The number of ether oxygens (including phenoxy) is 1. The summed E-state index contributed by atoms with van der Waals surface area (Å²) >= 11 is 0. The van der Waals surface area contributed by atoms with Gasteiger partial charge in [0.15, 0.2) is 18.0 Å². The Morgan fingerprint density at radius 2 is 1.78 bits per heavy atom. The molecule has 0 aliphatic rings. The second-order valence-corrected chi connectivity index (χ2v) is 3.71. The average molecular weight is 247 g/mol. The molecule has 0 amide bonds. The number of benzene rings is 1. The first-order valence-corrected chi connectivity index (χ1v) is 5.47. The molecule has 94 valence electrons. The van der Waals surface area contributed by atoms with E-state index in [-0.39, 0.29) is 24.9 Å². The van der Waals surface area contributed by atoms with Gasteiger partial charge in [-0.05, 0) is 12.1 Å². The second kappa shape index (κ2) is 5.27. The van der Waals surface area contributed by atoms with Gasteiger partial charge in [0.25, 0.3) is 0 Å². The Morgan fingerprint density at radius 1 is 1.11 bits per heavy atom. The van der Waals surface area contributed by atoms with Crippen LogP contribution in [-0.4, -0.2) is 27.7 Å². The number of carbonyl (C=O) groups excluding carboxylic acids is 1. The number of carbonyl (C=O) groups is 1. The van der Waals surface area contributed by atoms with Crippen LogP contribution in [0, 0.1) is 0 Å². The van der Waals surface area contributed by atoms with Crippen LogP contribution in [0.25, 0.3) is 0 Å². The number of hydrogen-bond donors (Lipinski definition) is 2. The zero-order valence-electron chi connectivity index (χ0n) is 9.61. The van der Waals surface area contributed by atoms with Crippen molar-refractivity contribution >= 4 is 6.29 Å². The van der Waals surface area contributed by atoms with Crippen LogP contribution >= 0.6 is 0 Å². The number of aromatic hydroxyl groups is 2. The molecule has 0 radical (unpaired) electrons. The maximum absolute atomic E-state index is 10.8. The lowest BCUT2D eigenvalue weighted by molar-refractivity contribution is 0.111. The summed E-state index contributed by atoms with van der Waals surface area (Å²) in [6, 6.07) is 9.67. The van der Waals surface area contributed by atoms with E-state index in [0.717, 1.165) is 6.29 Å². The number of nitrogens with zero attached hydrogens (tertiary/aromatic N) is 1. The Balaban J connectivity index is 1.98. The second-order valence-electron chi connectivity index (χ2n) is 3.71. The number of para-hydroxylation sites is 1. The van der Waals surface area contributed by atoms with Crippen LogP contribution in [0.2, 0.25) is 0 Å². The number of aromatic nitrogens is 1. The summed E-state index contributed by atoms with van der Waals surface area (Å²) in [5.74, 6) is 0.429. The molecule has 1 heterocycles. The average Bonchev–Trinajstić information content (AvgIpc) is 2.71. The maximum atomic E-state index is 10.8. The summed E-state index contributed by atoms with van der Waals surface area (Å²) < 4.78 is 6.75. The molecule has 5 heteroatoms. The van der Waals surface area contributed by atoms with Gasteiger partial charge in [-0.25, -0.2) is 0 Å². The molecule has 0 spiro atoms. The first kappa shape index (κ1) is 12.0. The molecule has 0 fully saturated rings. The fraction of sp³-hybridized carbons (Fsp3) is 0.154. The predicted octanol–water partition coefficient (Wildman–Crippen LogP) is 1.79. The number of hydrogen-bond acceptors (Lipinski definition) is 4. The molecule has 1 aromatic heterocycles. The van der Waals surface area contributed by atoms with E-state index in [1.165, 1.54) is 16.7 Å². The Labute approximate surface area is 104 Å². The lowest BCUT2D eigenvalue weighted by Gasteiger charge is -2.10. The molecule has 0 saturated carbocycles. The summed E-state index contributed by atoms with van der Waals surface area (Å²) in [6.07, 6.45) is 0.722. The predicted molar refractivity (Wildman–Crippen MR) is 65.1 cm³/mol. The lowest BCUT2D eigenvalue weighted by atomic mass is 10.2. The summed E-state index contributed by atoms with van der Waals surface area (Å²) in [5.41, 5.74) is 0.471. The zero-order chi connectivity index (χ0) is 13.0. The van der Waals surface area contributed by atoms with Crippen molar-refractivity contribution in [1.29, 1.82) is 0 Å². The van der Waals surface area contributed by atoms with Crippen molar-refractivity contribution in [2.24, 2.45) is 0 Å². The molecular formula is C13H13NO4. The van der Waals surface area contributed by atoms with Gasteiger partial charge in [0.1, 0.15) is 12.4 Å². The minimum atomic E-state index is -0.0280. The first-order valence-electron chi connectivity index (χ1n) is 5.47. The van der Waals surface area contributed by atoms with Crippen LogP contribution in [-0.2, 0) is 6.54 Å². The SMILES string of the molecule is O=Cc1ccccc1OCCn1c(O)ccc1O. The fourth-order valence-electron chi connectivity index (χ4n) is 1.63. The molecule has 0 aliphatic heterocycles. The van der Waals surface area contributed by atoms with Crippen LogP contribution in [0.4, 0.5) is 0 Å². The van der Waals surface area contributed by atoms with Gasteiger partial charge in [-0.15, -0.1) is 0 Å². The highest BCUT2D eigenvalue weighted by Gasteiger charge is 2.06. The molecule has 0 bridgehead atoms. The monoisotopic (exact) mass is 247 g/mol. The van der Waals surface area contributed by atoms with Gasteiger partial charge >= 0.3 is 0 Å². The molecule has 0 unspecified atom stereocenters. The van der Waals surface area contributed by atoms with Gasteiger partial charge in [0, 0.05) is 12.1 Å². The lowest BCUT2D eigenvalue weighted by Crippen LogP contribution is -2.08. The van der Waals surface area contributed by atoms with E-state index in [1.807, 2.05) is 0 Å². The first-order chi connectivity index (χ1) is 8.72. The zero-order valence-corrected chi connectivity index (χ0v) is 9.61. The van der Waals surface area contributed by atoms with Crippen molar-refractivity contribution in [3.05, 3.63) is 42.0 Å². The van der Waals surface area contributed by atoms with Crippen molar-refractivity contribution in [3.8, 4) is 17.5 Å². The number of aldehydes is 1. The minimum absolute atomic E-state index is 0.0280. The summed E-state index contributed by atoms with van der Waals surface area (Å²) in [5, 5.41) is 18.8. The van der Waals surface area contributed by atoms with E-state index in [0.29, 0.717) is 11.3 Å². The van der Waals surface area contributed by atoms with Crippen LogP contribution in [0.3, 0.4) is 0 Å². The molecule has 2 aromatic rings. The smallest absolute Gasteiger partial charge is 0.193 e. The molecule has 1 aromatic carbocycles. The molecular weight excluding hydrogens is 234 g/mol. The molecule has 5 nitrogen and oxygen atoms in total. The highest BCUT2D eigenvalue weighted by atomic mass is 16.5. The molecule has 18 heavy (non-hydrogen) atoms. The van der Waals surface area contributed by atoms with Crippen molar-refractivity contribution in [3.63, 3.8) is 0 Å². The van der Waals surface area contributed by atoms with Crippen LogP contribution in [0.1, 0.15) is 10.4 Å². The van der Waals surface area contributed by atoms with E-state index < -0.39 is 0 Å².